The van der Waals surface area contributed by atoms with Gasteiger partial charge in [-0.15, -0.1) is 0 Å². The first-order chi connectivity index (χ1) is 14.5. The molecule has 8 heteroatoms. The quantitative estimate of drug-likeness (QED) is 0.192. The Kier molecular flexibility index (Phi) is 9.60. The number of nitrogens with one attached hydrogen (secondary N) is 2. The molecule has 0 aliphatic carbocycles. The number of non-ortho nitro benzene ring substituents is 1. The summed E-state index contributed by atoms with van der Waals surface area (Å²) in [7, 11) is 0. The van der Waals surface area contributed by atoms with Crippen molar-refractivity contribution in [2.24, 2.45) is 4.99 Å². The van der Waals surface area contributed by atoms with E-state index in [1.165, 1.54) is 12.1 Å². The lowest BCUT2D eigenvalue weighted by Crippen LogP contribution is -2.36. The molecule has 2 rings (SSSR count). The average Bonchev–Trinajstić information content (AvgIpc) is 2.74. The minimum Gasteiger partial charge on any atom is -0.491 e. The molecule has 2 aromatic carbocycles. The Morgan fingerprint density at radius 3 is 2.53 bits per heavy atom. The summed E-state index contributed by atoms with van der Waals surface area (Å²) in [6.45, 7) is 9.39. The Hall–Kier alpha value is -3.13. The molecular formula is C22H30N4O4. The molecule has 30 heavy (non-hydrogen) atoms. The Morgan fingerprint density at radius 1 is 1.10 bits per heavy atom. The molecular weight excluding hydrogens is 384 g/mol. The molecule has 0 unspecified atom stereocenters. The van der Waals surface area contributed by atoms with E-state index in [4.69, 9.17) is 9.47 Å². The molecule has 0 fully saturated rings. The van der Waals surface area contributed by atoms with Gasteiger partial charge in [-0.3, -0.25) is 10.1 Å². The van der Waals surface area contributed by atoms with Crippen LogP contribution in [0.2, 0.25) is 0 Å². The molecule has 0 aliphatic rings. The van der Waals surface area contributed by atoms with Crippen LogP contribution in [0, 0.1) is 17.0 Å². The molecule has 2 aromatic rings. The summed E-state index contributed by atoms with van der Waals surface area (Å²) in [6, 6.07) is 12.5. The van der Waals surface area contributed by atoms with Crippen molar-refractivity contribution < 1.29 is 14.4 Å². The fourth-order valence-corrected chi connectivity index (χ4v) is 2.71. The number of benzene rings is 2. The van der Waals surface area contributed by atoms with Crippen molar-refractivity contribution >= 4 is 11.6 Å². The average molecular weight is 415 g/mol. The van der Waals surface area contributed by atoms with Crippen LogP contribution in [0.3, 0.4) is 0 Å². The van der Waals surface area contributed by atoms with Gasteiger partial charge in [0.05, 0.1) is 18.1 Å². The number of guanidine groups is 1. The third-order valence-corrected chi connectivity index (χ3v) is 4.27. The molecule has 8 nitrogen and oxygen atoms in total. The number of aryl methyl sites for hydroxylation is 1. The summed E-state index contributed by atoms with van der Waals surface area (Å²) in [4.78, 5) is 14.9. The van der Waals surface area contributed by atoms with Crippen LogP contribution < -0.4 is 15.4 Å². The van der Waals surface area contributed by atoms with Gasteiger partial charge in [-0.1, -0.05) is 24.3 Å². The van der Waals surface area contributed by atoms with E-state index in [0.717, 1.165) is 29.0 Å². The van der Waals surface area contributed by atoms with E-state index in [-0.39, 0.29) is 5.69 Å². The van der Waals surface area contributed by atoms with Gasteiger partial charge in [0, 0.05) is 37.4 Å². The van der Waals surface area contributed by atoms with E-state index in [2.05, 4.69) is 15.6 Å². The molecule has 0 radical (unpaired) electrons. The number of rotatable bonds is 11. The summed E-state index contributed by atoms with van der Waals surface area (Å²) < 4.78 is 11.2. The molecule has 0 saturated heterocycles. The van der Waals surface area contributed by atoms with Crippen LogP contribution in [-0.4, -0.2) is 37.2 Å². The second kappa shape index (κ2) is 12.4. The van der Waals surface area contributed by atoms with E-state index in [9.17, 15) is 10.1 Å². The van der Waals surface area contributed by atoms with Gasteiger partial charge < -0.3 is 20.1 Å². The number of nitro benzene ring substituents is 1. The van der Waals surface area contributed by atoms with Crippen molar-refractivity contribution in [3.63, 3.8) is 0 Å². The lowest BCUT2D eigenvalue weighted by Gasteiger charge is -2.15. The van der Waals surface area contributed by atoms with E-state index in [0.29, 0.717) is 38.9 Å². The standard InChI is InChI=1S/C22H30N4O4/c1-4-23-22(24-15-18-7-10-20(11-8-18)26(27)28)25-16-19-9-6-17(3)14-21(19)30-13-12-29-5-2/h6-11,14H,4-5,12-13,15-16H2,1-3H3,(H2,23,24,25). The van der Waals surface area contributed by atoms with Crippen molar-refractivity contribution in [1.82, 2.24) is 10.6 Å². The molecule has 0 atom stereocenters. The van der Waals surface area contributed by atoms with Crippen molar-refractivity contribution in [1.29, 1.82) is 0 Å². The van der Waals surface area contributed by atoms with Gasteiger partial charge in [0.15, 0.2) is 5.96 Å². The van der Waals surface area contributed by atoms with Crippen molar-refractivity contribution in [3.05, 3.63) is 69.3 Å². The summed E-state index contributed by atoms with van der Waals surface area (Å²) in [5, 5.41) is 17.3. The molecule has 0 aromatic heterocycles. The van der Waals surface area contributed by atoms with Crippen LogP contribution >= 0.6 is 0 Å². The van der Waals surface area contributed by atoms with E-state index in [1.807, 2.05) is 39.0 Å². The summed E-state index contributed by atoms with van der Waals surface area (Å²) in [5.41, 5.74) is 3.12. The van der Waals surface area contributed by atoms with Crippen LogP contribution in [0.5, 0.6) is 5.75 Å². The number of aliphatic imine (C=N–C) groups is 1. The first kappa shape index (κ1) is 23.2. The highest BCUT2D eigenvalue weighted by Crippen LogP contribution is 2.20. The molecule has 0 aliphatic heterocycles. The topological polar surface area (TPSA) is 98.0 Å². The third-order valence-electron chi connectivity index (χ3n) is 4.27. The molecule has 0 spiro atoms. The SMILES string of the molecule is CCNC(=NCc1ccc([N+](=O)[O-])cc1)NCc1ccc(C)cc1OCCOCC. The van der Waals surface area contributed by atoms with Crippen molar-refractivity contribution in [2.75, 3.05) is 26.4 Å². The van der Waals surface area contributed by atoms with E-state index < -0.39 is 4.92 Å². The lowest BCUT2D eigenvalue weighted by atomic mass is 10.1. The van der Waals surface area contributed by atoms with Crippen LogP contribution in [0.1, 0.15) is 30.5 Å². The zero-order valence-electron chi connectivity index (χ0n) is 17.8. The van der Waals surface area contributed by atoms with Gasteiger partial charge in [0.1, 0.15) is 12.4 Å². The van der Waals surface area contributed by atoms with Crippen LogP contribution in [0.15, 0.2) is 47.5 Å². The van der Waals surface area contributed by atoms with E-state index in [1.54, 1.807) is 12.1 Å². The largest absolute Gasteiger partial charge is 0.491 e. The van der Waals surface area contributed by atoms with Gasteiger partial charge in [0.25, 0.3) is 5.69 Å². The van der Waals surface area contributed by atoms with Crippen molar-refractivity contribution in [2.45, 2.75) is 33.9 Å². The van der Waals surface area contributed by atoms with Gasteiger partial charge >= 0.3 is 0 Å². The zero-order valence-corrected chi connectivity index (χ0v) is 17.8. The Bertz CT molecular complexity index is 838. The van der Waals surface area contributed by atoms with Gasteiger partial charge in [-0.2, -0.15) is 0 Å². The highest BCUT2D eigenvalue weighted by Gasteiger charge is 2.07. The van der Waals surface area contributed by atoms with Crippen LogP contribution in [0.4, 0.5) is 5.69 Å². The normalized spacial score (nSPS) is 11.2. The molecule has 0 heterocycles. The van der Waals surface area contributed by atoms with Crippen LogP contribution in [-0.2, 0) is 17.8 Å². The molecule has 162 valence electrons. The number of hydrogen-bond acceptors (Lipinski definition) is 5. The second-order valence-corrected chi connectivity index (χ2v) is 6.63. The van der Waals surface area contributed by atoms with Gasteiger partial charge in [-0.25, -0.2) is 4.99 Å². The first-order valence-corrected chi connectivity index (χ1v) is 10.1. The Morgan fingerprint density at radius 2 is 1.87 bits per heavy atom. The Balaban J connectivity index is 2.01. The predicted octanol–water partition coefficient (Wildman–Crippen LogP) is 3.57. The summed E-state index contributed by atoms with van der Waals surface area (Å²) >= 11 is 0. The second-order valence-electron chi connectivity index (χ2n) is 6.63. The number of hydrogen-bond donors (Lipinski definition) is 2. The molecule has 0 saturated carbocycles. The van der Waals surface area contributed by atoms with Gasteiger partial charge in [0.2, 0.25) is 0 Å². The predicted molar refractivity (Wildman–Crippen MR) is 118 cm³/mol. The number of nitrogens with zero attached hydrogens (tertiary/aromatic N) is 2. The fraction of sp³-hybridized carbons (Fsp3) is 0.409. The summed E-state index contributed by atoms with van der Waals surface area (Å²) in [5.74, 6) is 1.49. The minimum absolute atomic E-state index is 0.0731. The maximum absolute atomic E-state index is 10.8. The monoisotopic (exact) mass is 414 g/mol. The highest BCUT2D eigenvalue weighted by molar-refractivity contribution is 5.79. The van der Waals surface area contributed by atoms with Crippen LogP contribution in [0.25, 0.3) is 0 Å². The number of ether oxygens (including phenoxy) is 2. The lowest BCUT2D eigenvalue weighted by molar-refractivity contribution is -0.384. The van der Waals surface area contributed by atoms with E-state index >= 15 is 0 Å². The minimum atomic E-state index is -0.408. The molecule has 2 N–H and O–H groups in total. The molecule has 0 bridgehead atoms. The third kappa shape index (κ3) is 7.71. The highest BCUT2D eigenvalue weighted by atomic mass is 16.6. The van der Waals surface area contributed by atoms with Crippen molar-refractivity contribution in [3.8, 4) is 5.75 Å². The number of nitro groups is 1. The zero-order chi connectivity index (χ0) is 21.8. The molecule has 0 amide bonds. The fourth-order valence-electron chi connectivity index (χ4n) is 2.71. The van der Waals surface area contributed by atoms with Gasteiger partial charge in [-0.05, 0) is 38.0 Å². The maximum atomic E-state index is 10.8. The Labute approximate surface area is 177 Å². The maximum Gasteiger partial charge on any atom is 0.269 e. The smallest absolute Gasteiger partial charge is 0.269 e. The summed E-state index contributed by atoms with van der Waals surface area (Å²) in [6.07, 6.45) is 0. The first-order valence-electron chi connectivity index (χ1n) is 10.1.